The number of carboxylic acids is 1. The van der Waals surface area contributed by atoms with Gasteiger partial charge in [0.05, 0.1) is 6.20 Å². The van der Waals surface area contributed by atoms with Gasteiger partial charge in [-0.05, 0) is 43.7 Å². The van der Waals surface area contributed by atoms with Crippen LogP contribution in [0.5, 0.6) is 5.75 Å². The average Bonchev–Trinajstić information content (AvgIpc) is 3.21. The molecular weight excluding hydrogens is 396 g/mol. The van der Waals surface area contributed by atoms with E-state index in [1.165, 1.54) is 6.20 Å². The minimum absolute atomic E-state index is 0.0712. The third kappa shape index (κ3) is 5.02. The molecule has 164 valence electrons. The Morgan fingerprint density at radius 2 is 2.03 bits per heavy atom. The summed E-state index contributed by atoms with van der Waals surface area (Å²) in [4.78, 5) is 36.0. The molecule has 4 rings (SSSR count). The quantitative estimate of drug-likeness (QED) is 0.729. The van der Waals surface area contributed by atoms with Gasteiger partial charge in [-0.2, -0.15) is 0 Å². The Bertz CT molecular complexity index is 923. The molecule has 1 aliphatic carbocycles. The van der Waals surface area contributed by atoms with Crippen LogP contribution in [0.3, 0.4) is 0 Å². The van der Waals surface area contributed by atoms with E-state index in [9.17, 15) is 9.59 Å². The fraction of sp³-hybridized carbons (Fsp3) is 0.478. The number of carbonyl (C=O) groups is 2. The van der Waals surface area contributed by atoms with E-state index in [0.29, 0.717) is 23.3 Å². The van der Waals surface area contributed by atoms with Crippen LogP contribution < -0.4 is 4.74 Å². The minimum Gasteiger partial charge on any atom is -0.482 e. The van der Waals surface area contributed by atoms with Gasteiger partial charge < -0.3 is 14.7 Å². The smallest absolute Gasteiger partial charge is 0.341 e. The first-order valence-electron chi connectivity index (χ1n) is 10.7. The maximum atomic E-state index is 12.7. The molecule has 31 heavy (non-hydrogen) atoms. The number of ether oxygens (including phenoxy) is 1. The summed E-state index contributed by atoms with van der Waals surface area (Å²) in [6.45, 7) is 2.36. The molecule has 0 spiro atoms. The summed E-state index contributed by atoms with van der Waals surface area (Å²) in [6.07, 6.45) is 7.75. The molecule has 1 aromatic carbocycles. The van der Waals surface area contributed by atoms with Crippen molar-refractivity contribution in [3.63, 3.8) is 0 Å². The van der Waals surface area contributed by atoms with E-state index in [1.807, 2.05) is 36.2 Å². The third-order valence-electron chi connectivity index (χ3n) is 6.49. The number of aliphatic carboxylic acids is 1. The summed E-state index contributed by atoms with van der Waals surface area (Å²) in [5.41, 5.74) is 1.39. The van der Waals surface area contributed by atoms with Gasteiger partial charge in [-0.3, -0.25) is 14.7 Å². The fourth-order valence-corrected chi connectivity index (χ4v) is 4.90. The summed E-state index contributed by atoms with van der Waals surface area (Å²) >= 11 is 0. The zero-order chi connectivity index (χ0) is 21.8. The second-order valence-electron chi connectivity index (χ2n) is 8.47. The highest BCUT2D eigenvalue weighted by Crippen LogP contribution is 2.40. The molecule has 1 amide bonds. The van der Waals surface area contributed by atoms with Crippen molar-refractivity contribution in [1.82, 2.24) is 19.8 Å². The molecule has 2 heterocycles. The number of carboxylic acid groups (broad SMARTS) is 1. The van der Waals surface area contributed by atoms with Crippen molar-refractivity contribution in [1.29, 1.82) is 0 Å². The van der Waals surface area contributed by atoms with Crippen LogP contribution in [0.2, 0.25) is 0 Å². The topological polar surface area (TPSA) is 95.9 Å². The van der Waals surface area contributed by atoms with E-state index in [0.717, 1.165) is 44.5 Å². The van der Waals surface area contributed by atoms with Gasteiger partial charge in [0.15, 0.2) is 6.61 Å². The van der Waals surface area contributed by atoms with Crippen LogP contribution in [0.1, 0.15) is 35.3 Å². The van der Waals surface area contributed by atoms with Crippen LogP contribution in [0.15, 0.2) is 42.9 Å². The molecule has 8 nitrogen and oxygen atoms in total. The molecule has 0 unspecified atom stereocenters. The van der Waals surface area contributed by atoms with Gasteiger partial charge in [0.1, 0.15) is 11.4 Å². The number of likely N-dealkylation sites (tertiary alicyclic amines) is 1. The number of amides is 1. The van der Waals surface area contributed by atoms with Crippen molar-refractivity contribution in [2.45, 2.75) is 31.8 Å². The van der Waals surface area contributed by atoms with Gasteiger partial charge in [-0.1, -0.05) is 18.2 Å². The first-order chi connectivity index (χ1) is 15.0. The molecule has 0 bridgehead atoms. The zero-order valence-corrected chi connectivity index (χ0v) is 17.7. The lowest BCUT2D eigenvalue weighted by Gasteiger charge is -2.35. The lowest BCUT2D eigenvalue weighted by atomic mass is 9.88. The Morgan fingerprint density at radius 3 is 2.81 bits per heavy atom. The van der Waals surface area contributed by atoms with Crippen LogP contribution in [-0.4, -0.2) is 69.5 Å². The molecule has 1 aromatic heterocycles. The summed E-state index contributed by atoms with van der Waals surface area (Å²) in [5, 5.41) is 8.90. The Kier molecular flexibility index (Phi) is 6.46. The third-order valence-corrected chi connectivity index (χ3v) is 6.49. The predicted molar refractivity (Wildman–Crippen MR) is 114 cm³/mol. The maximum absolute atomic E-state index is 12.7. The predicted octanol–water partition coefficient (Wildman–Crippen LogP) is 2.31. The van der Waals surface area contributed by atoms with E-state index < -0.39 is 5.97 Å². The number of carbonyl (C=O) groups excluding carboxylic acids is 1. The number of rotatable bonds is 7. The van der Waals surface area contributed by atoms with Crippen molar-refractivity contribution >= 4 is 11.9 Å². The maximum Gasteiger partial charge on any atom is 0.341 e. The minimum atomic E-state index is -0.979. The Hall–Kier alpha value is -3.00. The highest BCUT2D eigenvalue weighted by molar-refractivity contribution is 5.92. The number of fused-ring (bicyclic) bond motifs is 1. The lowest BCUT2D eigenvalue weighted by molar-refractivity contribution is -0.139. The number of hydrogen-bond donors (Lipinski definition) is 1. The Morgan fingerprint density at radius 1 is 1.23 bits per heavy atom. The molecule has 2 fully saturated rings. The van der Waals surface area contributed by atoms with Crippen molar-refractivity contribution in [3.8, 4) is 5.75 Å². The van der Waals surface area contributed by atoms with Crippen LogP contribution in [0, 0.1) is 11.8 Å². The molecule has 2 aromatic rings. The first kappa shape index (κ1) is 21.2. The number of benzene rings is 1. The molecule has 1 N–H and O–H groups in total. The molecular formula is C23H28N4O4. The summed E-state index contributed by atoms with van der Waals surface area (Å²) < 4.78 is 5.46. The summed E-state index contributed by atoms with van der Waals surface area (Å²) in [6, 6.07) is 7.85. The highest BCUT2D eigenvalue weighted by Gasteiger charge is 2.40. The van der Waals surface area contributed by atoms with Gasteiger partial charge in [0.25, 0.3) is 5.91 Å². The van der Waals surface area contributed by atoms with Crippen molar-refractivity contribution < 1.29 is 19.4 Å². The summed E-state index contributed by atoms with van der Waals surface area (Å²) in [5.74, 6) is 0.747. The molecule has 1 aliphatic heterocycles. The number of hydrogen-bond acceptors (Lipinski definition) is 6. The van der Waals surface area contributed by atoms with Crippen LogP contribution >= 0.6 is 0 Å². The average molecular weight is 425 g/mol. The largest absolute Gasteiger partial charge is 0.482 e. The van der Waals surface area contributed by atoms with Crippen molar-refractivity contribution in [2.24, 2.45) is 11.8 Å². The zero-order valence-electron chi connectivity index (χ0n) is 17.7. The van der Waals surface area contributed by atoms with E-state index >= 15 is 0 Å². The normalized spacial score (nSPS) is 23.2. The molecule has 1 saturated carbocycles. The Labute approximate surface area is 181 Å². The number of piperidine rings is 1. The Balaban J connectivity index is 1.36. The highest BCUT2D eigenvalue weighted by atomic mass is 16.5. The van der Waals surface area contributed by atoms with Crippen LogP contribution in [-0.2, 0) is 11.3 Å². The molecule has 2 aliphatic rings. The molecule has 3 atom stereocenters. The second kappa shape index (κ2) is 9.43. The SMILES string of the molecule is CN(C(=O)c1cnccn1)[C@H]1C[C@H]2CCN(Cc3ccccc3OCC(=O)O)C[C@H]2C1. The standard InChI is InChI=1S/C23H28N4O4/c1-26(23(30)20-12-24-7-8-25-20)19-10-16-6-9-27(14-18(16)11-19)13-17-4-2-3-5-21(17)31-15-22(28)29/h2-5,7-8,12,16,18-19H,6,9-11,13-15H2,1H3,(H,28,29)/t16-,18-,19+/m1/s1. The van der Waals surface area contributed by atoms with Crippen LogP contribution in [0.4, 0.5) is 0 Å². The van der Waals surface area contributed by atoms with Crippen LogP contribution in [0.25, 0.3) is 0 Å². The van der Waals surface area contributed by atoms with Crippen molar-refractivity contribution in [3.05, 3.63) is 54.1 Å². The lowest BCUT2D eigenvalue weighted by Crippen LogP contribution is -2.38. The molecule has 8 heteroatoms. The molecule has 1 saturated heterocycles. The van der Waals surface area contributed by atoms with E-state index in [4.69, 9.17) is 9.84 Å². The van der Waals surface area contributed by atoms with E-state index in [1.54, 1.807) is 12.4 Å². The second-order valence-corrected chi connectivity index (χ2v) is 8.47. The number of aromatic nitrogens is 2. The van der Waals surface area contributed by atoms with Gasteiger partial charge in [0.2, 0.25) is 0 Å². The number of nitrogens with zero attached hydrogens (tertiary/aromatic N) is 4. The van der Waals surface area contributed by atoms with E-state index in [-0.39, 0.29) is 18.6 Å². The fourth-order valence-electron chi connectivity index (χ4n) is 4.90. The van der Waals surface area contributed by atoms with Gasteiger partial charge in [0, 0.05) is 44.1 Å². The number of para-hydroxylation sites is 1. The monoisotopic (exact) mass is 424 g/mol. The van der Waals surface area contributed by atoms with Gasteiger partial charge in [-0.25, -0.2) is 9.78 Å². The summed E-state index contributed by atoms with van der Waals surface area (Å²) in [7, 11) is 1.87. The van der Waals surface area contributed by atoms with Crippen molar-refractivity contribution in [2.75, 3.05) is 26.7 Å². The molecule has 0 radical (unpaired) electrons. The van der Waals surface area contributed by atoms with Gasteiger partial charge >= 0.3 is 5.97 Å². The van der Waals surface area contributed by atoms with Gasteiger partial charge in [-0.15, -0.1) is 0 Å². The van der Waals surface area contributed by atoms with E-state index in [2.05, 4.69) is 14.9 Å². The first-order valence-corrected chi connectivity index (χ1v) is 10.7.